The zero-order chi connectivity index (χ0) is 13.8. The molecule has 0 saturated heterocycles. The molecule has 1 fully saturated rings. The van der Waals surface area contributed by atoms with Crippen molar-refractivity contribution in [2.75, 3.05) is 10.6 Å². The van der Waals surface area contributed by atoms with Crippen molar-refractivity contribution in [3.05, 3.63) is 23.8 Å². The highest BCUT2D eigenvalue weighted by atomic mass is 16.1. The number of benzene rings is 1. The summed E-state index contributed by atoms with van der Waals surface area (Å²) in [6.07, 6.45) is 5.41. The lowest BCUT2D eigenvalue weighted by atomic mass is 9.81. The first-order chi connectivity index (χ1) is 9.04. The lowest BCUT2D eigenvalue weighted by molar-refractivity contribution is -0.114. The molecule has 3 nitrogen and oxygen atoms in total. The maximum atomic E-state index is 11.1. The Morgan fingerprint density at radius 2 is 2.16 bits per heavy atom. The van der Waals surface area contributed by atoms with Crippen LogP contribution >= 0.6 is 0 Å². The minimum Gasteiger partial charge on any atom is -0.382 e. The summed E-state index contributed by atoms with van der Waals surface area (Å²) in [6, 6.07) is 6.49. The Morgan fingerprint density at radius 3 is 2.74 bits per heavy atom. The highest BCUT2D eigenvalue weighted by molar-refractivity contribution is 5.89. The van der Waals surface area contributed by atoms with E-state index in [1.54, 1.807) is 0 Å². The Kier molecular flexibility index (Phi) is 4.46. The van der Waals surface area contributed by atoms with Crippen LogP contribution in [0.15, 0.2) is 18.2 Å². The number of nitrogens with one attached hydrogen (secondary N) is 2. The second kappa shape index (κ2) is 6.09. The molecule has 3 heteroatoms. The second-order valence-corrected chi connectivity index (χ2v) is 5.79. The first-order valence-electron chi connectivity index (χ1n) is 7.19. The zero-order valence-corrected chi connectivity index (χ0v) is 12.1. The van der Waals surface area contributed by atoms with Crippen molar-refractivity contribution in [2.45, 2.75) is 52.5 Å². The molecule has 0 heterocycles. The normalized spacial score (nSPS) is 16.6. The maximum absolute atomic E-state index is 11.1. The van der Waals surface area contributed by atoms with Crippen molar-refractivity contribution >= 4 is 17.3 Å². The summed E-state index contributed by atoms with van der Waals surface area (Å²) in [7, 11) is 0. The third-order valence-electron chi connectivity index (χ3n) is 3.87. The molecular formula is C16H24N2O. The summed E-state index contributed by atoms with van der Waals surface area (Å²) in [4.78, 5) is 11.1. The van der Waals surface area contributed by atoms with Crippen LogP contribution in [0.1, 0.15) is 45.1 Å². The number of amides is 1. The van der Waals surface area contributed by atoms with Gasteiger partial charge in [0.05, 0.1) is 0 Å². The fourth-order valence-corrected chi connectivity index (χ4v) is 2.61. The van der Waals surface area contributed by atoms with Crippen molar-refractivity contribution < 1.29 is 4.79 Å². The van der Waals surface area contributed by atoms with Gasteiger partial charge >= 0.3 is 0 Å². The fraction of sp³-hybridized carbons (Fsp3) is 0.562. The molecule has 1 atom stereocenters. The Balaban J connectivity index is 1.98. The van der Waals surface area contributed by atoms with Crippen molar-refractivity contribution in [1.82, 2.24) is 0 Å². The van der Waals surface area contributed by atoms with Gasteiger partial charge in [0.2, 0.25) is 5.91 Å². The van der Waals surface area contributed by atoms with Crippen LogP contribution in [0.4, 0.5) is 11.4 Å². The SMILES string of the molecule is CC(=O)Nc1ccc(C)c(NC(C)CC2CCC2)c1. The first-order valence-corrected chi connectivity index (χ1v) is 7.19. The predicted octanol–water partition coefficient (Wildman–Crippen LogP) is 3.94. The lowest BCUT2D eigenvalue weighted by Gasteiger charge is -2.29. The Morgan fingerprint density at radius 1 is 1.42 bits per heavy atom. The van der Waals surface area contributed by atoms with Crippen LogP contribution in [0.2, 0.25) is 0 Å². The molecule has 0 aromatic heterocycles. The van der Waals surface area contributed by atoms with Crippen LogP contribution in [-0.2, 0) is 4.79 Å². The number of hydrogen-bond acceptors (Lipinski definition) is 2. The van der Waals surface area contributed by atoms with Crippen LogP contribution in [0.5, 0.6) is 0 Å². The molecular weight excluding hydrogens is 236 g/mol. The molecule has 1 aromatic carbocycles. The molecule has 0 bridgehead atoms. The summed E-state index contributed by atoms with van der Waals surface area (Å²) >= 11 is 0. The Labute approximate surface area is 115 Å². The van der Waals surface area contributed by atoms with E-state index in [0.717, 1.165) is 17.3 Å². The number of carbonyl (C=O) groups excluding carboxylic acids is 1. The second-order valence-electron chi connectivity index (χ2n) is 5.79. The summed E-state index contributed by atoms with van der Waals surface area (Å²) in [5, 5.41) is 6.40. The van der Waals surface area contributed by atoms with E-state index in [0.29, 0.717) is 6.04 Å². The van der Waals surface area contributed by atoms with E-state index in [9.17, 15) is 4.79 Å². The largest absolute Gasteiger partial charge is 0.382 e. The van der Waals surface area contributed by atoms with Gasteiger partial charge in [0, 0.05) is 24.3 Å². The van der Waals surface area contributed by atoms with Gasteiger partial charge in [-0.25, -0.2) is 0 Å². The average Bonchev–Trinajstić information content (AvgIpc) is 2.27. The van der Waals surface area contributed by atoms with Crippen LogP contribution in [0.3, 0.4) is 0 Å². The minimum atomic E-state index is -0.0303. The van der Waals surface area contributed by atoms with E-state index in [1.165, 1.54) is 38.2 Å². The molecule has 1 aliphatic rings. The summed E-state index contributed by atoms with van der Waals surface area (Å²) in [5.74, 6) is 0.874. The average molecular weight is 260 g/mol. The van der Waals surface area contributed by atoms with E-state index < -0.39 is 0 Å². The van der Waals surface area contributed by atoms with Crippen molar-refractivity contribution in [3.8, 4) is 0 Å². The van der Waals surface area contributed by atoms with E-state index in [2.05, 4.69) is 24.5 Å². The maximum Gasteiger partial charge on any atom is 0.221 e. The molecule has 1 unspecified atom stereocenters. The van der Waals surface area contributed by atoms with E-state index in [-0.39, 0.29) is 5.91 Å². The molecule has 1 saturated carbocycles. The molecule has 1 aliphatic carbocycles. The predicted molar refractivity (Wildman–Crippen MR) is 80.5 cm³/mol. The molecule has 0 spiro atoms. The minimum absolute atomic E-state index is 0.0303. The standard InChI is InChI=1S/C16H24N2O/c1-11-7-8-15(18-13(3)19)10-16(11)17-12(2)9-14-5-4-6-14/h7-8,10,12,14,17H,4-6,9H2,1-3H3,(H,18,19). The molecule has 2 N–H and O–H groups in total. The summed E-state index contributed by atoms with van der Waals surface area (Å²) < 4.78 is 0. The number of anilines is 2. The van der Waals surface area contributed by atoms with Crippen molar-refractivity contribution in [3.63, 3.8) is 0 Å². The van der Waals surface area contributed by atoms with Crippen LogP contribution in [0, 0.1) is 12.8 Å². The quantitative estimate of drug-likeness (QED) is 0.841. The van der Waals surface area contributed by atoms with Crippen LogP contribution in [-0.4, -0.2) is 11.9 Å². The van der Waals surface area contributed by atoms with Crippen LogP contribution < -0.4 is 10.6 Å². The highest BCUT2D eigenvalue weighted by Crippen LogP contribution is 2.31. The molecule has 2 rings (SSSR count). The van der Waals surface area contributed by atoms with E-state index in [4.69, 9.17) is 0 Å². The van der Waals surface area contributed by atoms with Gasteiger partial charge in [-0.1, -0.05) is 25.3 Å². The summed E-state index contributed by atoms with van der Waals surface area (Å²) in [6.45, 7) is 5.87. The van der Waals surface area contributed by atoms with Gasteiger partial charge < -0.3 is 10.6 Å². The Hall–Kier alpha value is -1.51. The third-order valence-corrected chi connectivity index (χ3v) is 3.87. The van der Waals surface area contributed by atoms with Crippen molar-refractivity contribution in [2.24, 2.45) is 5.92 Å². The highest BCUT2D eigenvalue weighted by Gasteiger charge is 2.20. The van der Waals surface area contributed by atoms with Gasteiger partial charge in [-0.15, -0.1) is 0 Å². The smallest absolute Gasteiger partial charge is 0.221 e. The van der Waals surface area contributed by atoms with Gasteiger partial charge in [-0.3, -0.25) is 4.79 Å². The Bertz CT molecular complexity index is 452. The first kappa shape index (κ1) is 13.9. The summed E-state index contributed by atoms with van der Waals surface area (Å²) in [5.41, 5.74) is 3.20. The monoisotopic (exact) mass is 260 g/mol. The zero-order valence-electron chi connectivity index (χ0n) is 12.1. The molecule has 1 amide bonds. The van der Waals surface area contributed by atoms with Gasteiger partial charge in [-0.2, -0.15) is 0 Å². The van der Waals surface area contributed by atoms with Crippen molar-refractivity contribution in [1.29, 1.82) is 0 Å². The number of aryl methyl sites for hydroxylation is 1. The fourth-order valence-electron chi connectivity index (χ4n) is 2.61. The van der Waals surface area contributed by atoms with Gasteiger partial charge in [0.1, 0.15) is 0 Å². The topological polar surface area (TPSA) is 41.1 Å². The van der Waals surface area contributed by atoms with Crippen LogP contribution in [0.25, 0.3) is 0 Å². The molecule has 104 valence electrons. The number of carbonyl (C=O) groups is 1. The van der Waals surface area contributed by atoms with E-state index >= 15 is 0 Å². The third kappa shape index (κ3) is 3.98. The molecule has 0 aliphatic heterocycles. The molecule has 1 aromatic rings. The van der Waals surface area contributed by atoms with Gasteiger partial charge in [-0.05, 0) is 43.9 Å². The number of rotatable bonds is 5. The lowest BCUT2D eigenvalue weighted by Crippen LogP contribution is -2.23. The molecule has 0 radical (unpaired) electrons. The van der Waals surface area contributed by atoms with E-state index in [1.807, 2.05) is 18.2 Å². The number of hydrogen-bond donors (Lipinski definition) is 2. The van der Waals surface area contributed by atoms with Gasteiger partial charge in [0.15, 0.2) is 0 Å². The molecule has 19 heavy (non-hydrogen) atoms. The van der Waals surface area contributed by atoms with Gasteiger partial charge in [0.25, 0.3) is 0 Å².